The van der Waals surface area contributed by atoms with Crippen molar-refractivity contribution in [2.45, 2.75) is 38.6 Å². The monoisotopic (exact) mass is 413 g/mol. The predicted octanol–water partition coefficient (Wildman–Crippen LogP) is 3.69. The summed E-state index contributed by atoms with van der Waals surface area (Å²) < 4.78 is 2.22. The van der Waals surface area contributed by atoms with Gasteiger partial charge in [0.05, 0.1) is 16.6 Å². The van der Waals surface area contributed by atoms with E-state index in [1.807, 2.05) is 30.3 Å². The number of fused-ring (bicyclic) bond motifs is 2. The molecule has 0 radical (unpaired) electrons. The Balaban J connectivity index is 1.26. The first-order valence-corrected chi connectivity index (χ1v) is 10.6. The molecular weight excluding hydrogens is 390 g/mol. The first kappa shape index (κ1) is 19.2. The molecule has 1 aliphatic rings. The molecule has 1 amide bonds. The first-order chi connectivity index (χ1) is 15.2. The van der Waals surface area contributed by atoms with Crippen molar-refractivity contribution in [3.8, 4) is 11.3 Å². The van der Waals surface area contributed by atoms with E-state index in [1.54, 1.807) is 18.2 Å². The molecule has 0 atom stereocenters. The van der Waals surface area contributed by atoms with E-state index >= 15 is 0 Å². The number of amides is 1. The Labute approximate surface area is 179 Å². The molecule has 1 aliphatic heterocycles. The highest BCUT2D eigenvalue weighted by Gasteiger charge is 2.14. The SMILES string of the molecule is O=C(CCc1nc2ccccc2c(=O)[nH]1)Nc1cccc(-c2cn3c(n2)CCCC3)c1. The molecule has 0 fully saturated rings. The number of carbonyl (C=O) groups is 1. The molecule has 0 bridgehead atoms. The lowest BCUT2D eigenvalue weighted by Gasteiger charge is -2.11. The number of H-pyrrole nitrogens is 1. The highest BCUT2D eigenvalue weighted by molar-refractivity contribution is 5.91. The molecule has 0 spiro atoms. The molecule has 7 heteroatoms. The Morgan fingerprint density at radius 1 is 1.10 bits per heavy atom. The maximum Gasteiger partial charge on any atom is 0.258 e. The number of para-hydroxylation sites is 1. The van der Waals surface area contributed by atoms with Gasteiger partial charge in [-0.25, -0.2) is 9.97 Å². The summed E-state index contributed by atoms with van der Waals surface area (Å²) in [7, 11) is 0. The second kappa shape index (κ2) is 8.18. The van der Waals surface area contributed by atoms with Gasteiger partial charge in [0.25, 0.3) is 5.56 Å². The number of aromatic nitrogens is 4. The van der Waals surface area contributed by atoms with Crippen LogP contribution in [-0.4, -0.2) is 25.4 Å². The van der Waals surface area contributed by atoms with Crippen molar-refractivity contribution in [3.05, 3.63) is 76.7 Å². The fraction of sp³-hybridized carbons (Fsp3) is 0.250. The zero-order valence-corrected chi connectivity index (χ0v) is 17.1. The predicted molar refractivity (Wildman–Crippen MR) is 120 cm³/mol. The van der Waals surface area contributed by atoms with Crippen LogP contribution < -0.4 is 10.9 Å². The van der Waals surface area contributed by atoms with Crippen LogP contribution in [0, 0.1) is 0 Å². The summed E-state index contributed by atoms with van der Waals surface area (Å²) in [5.74, 6) is 1.51. The van der Waals surface area contributed by atoms with Gasteiger partial charge >= 0.3 is 0 Å². The van der Waals surface area contributed by atoms with Gasteiger partial charge in [0.1, 0.15) is 11.6 Å². The highest BCUT2D eigenvalue weighted by atomic mass is 16.1. The summed E-state index contributed by atoms with van der Waals surface area (Å²) in [4.78, 5) is 36.6. The number of carbonyl (C=O) groups excluding carboxylic acids is 1. The standard InChI is InChI=1S/C24H23N5O2/c30-23(12-11-21-26-19-9-2-1-8-18(19)24(31)28-21)25-17-7-5-6-16(14-17)20-15-29-13-4-3-10-22(29)27-20/h1-2,5-9,14-15H,3-4,10-13H2,(H,25,30)(H,26,28,31). The molecular formula is C24H23N5O2. The number of aromatic amines is 1. The molecule has 2 aromatic heterocycles. The molecule has 4 aromatic rings. The van der Waals surface area contributed by atoms with Gasteiger partial charge in [-0.05, 0) is 37.1 Å². The van der Waals surface area contributed by atoms with Crippen LogP contribution in [0.2, 0.25) is 0 Å². The quantitative estimate of drug-likeness (QED) is 0.522. The van der Waals surface area contributed by atoms with Crippen LogP contribution in [0.25, 0.3) is 22.2 Å². The summed E-state index contributed by atoms with van der Waals surface area (Å²) in [5, 5.41) is 3.49. The number of benzene rings is 2. The summed E-state index contributed by atoms with van der Waals surface area (Å²) in [6, 6.07) is 14.9. The molecule has 5 rings (SSSR count). The van der Waals surface area contributed by atoms with Gasteiger partial charge in [0.2, 0.25) is 5.91 Å². The number of nitrogens with zero attached hydrogens (tertiary/aromatic N) is 3. The van der Waals surface area contributed by atoms with Gasteiger partial charge in [-0.2, -0.15) is 0 Å². The number of imidazole rings is 1. The number of anilines is 1. The van der Waals surface area contributed by atoms with Crippen molar-refractivity contribution in [3.63, 3.8) is 0 Å². The molecule has 31 heavy (non-hydrogen) atoms. The second-order valence-corrected chi connectivity index (χ2v) is 7.85. The van der Waals surface area contributed by atoms with Gasteiger partial charge in [-0.15, -0.1) is 0 Å². The third-order valence-corrected chi connectivity index (χ3v) is 5.60. The maximum absolute atomic E-state index is 12.5. The Morgan fingerprint density at radius 3 is 2.90 bits per heavy atom. The van der Waals surface area contributed by atoms with Gasteiger partial charge < -0.3 is 14.9 Å². The smallest absolute Gasteiger partial charge is 0.258 e. The van der Waals surface area contributed by atoms with E-state index in [4.69, 9.17) is 4.98 Å². The van der Waals surface area contributed by atoms with Crippen molar-refractivity contribution >= 4 is 22.5 Å². The van der Waals surface area contributed by atoms with E-state index in [-0.39, 0.29) is 17.9 Å². The Kier molecular flexibility index (Phi) is 5.08. The van der Waals surface area contributed by atoms with Crippen LogP contribution in [0.1, 0.15) is 30.9 Å². The minimum absolute atomic E-state index is 0.128. The van der Waals surface area contributed by atoms with E-state index in [2.05, 4.69) is 26.0 Å². The number of rotatable bonds is 5. The van der Waals surface area contributed by atoms with E-state index < -0.39 is 0 Å². The summed E-state index contributed by atoms with van der Waals surface area (Å²) >= 11 is 0. The average molecular weight is 413 g/mol. The molecule has 0 saturated carbocycles. The summed E-state index contributed by atoms with van der Waals surface area (Å²) in [6.07, 6.45) is 6.07. The van der Waals surface area contributed by atoms with E-state index in [0.717, 1.165) is 35.7 Å². The van der Waals surface area contributed by atoms with Crippen molar-refractivity contribution in [2.24, 2.45) is 0 Å². The van der Waals surface area contributed by atoms with Crippen molar-refractivity contribution in [2.75, 3.05) is 5.32 Å². The van der Waals surface area contributed by atoms with Crippen LogP contribution in [0.15, 0.2) is 59.5 Å². The second-order valence-electron chi connectivity index (χ2n) is 7.85. The van der Waals surface area contributed by atoms with Crippen LogP contribution in [0.3, 0.4) is 0 Å². The molecule has 0 saturated heterocycles. The van der Waals surface area contributed by atoms with E-state index in [1.165, 1.54) is 12.8 Å². The molecule has 7 nitrogen and oxygen atoms in total. The van der Waals surface area contributed by atoms with Crippen LogP contribution in [-0.2, 0) is 24.2 Å². The lowest BCUT2D eigenvalue weighted by atomic mass is 10.1. The Bertz CT molecular complexity index is 1300. The fourth-order valence-corrected chi connectivity index (χ4v) is 4.02. The summed E-state index contributed by atoms with van der Waals surface area (Å²) in [5.41, 5.74) is 3.10. The Morgan fingerprint density at radius 2 is 2.00 bits per heavy atom. The van der Waals surface area contributed by atoms with Crippen LogP contribution in [0.4, 0.5) is 5.69 Å². The van der Waals surface area contributed by atoms with Gasteiger partial charge in [-0.3, -0.25) is 9.59 Å². The third-order valence-electron chi connectivity index (χ3n) is 5.60. The first-order valence-electron chi connectivity index (χ1n) is 10.6. The molecule has 3 heterocycles. The third kappa shape index (κ3) is 4.12. The van der Waals surface area contributed by atoms with Gasteiger partial charge in [0, 0.05) is 43.3 Å². The molecule has 0 unspecified atom stereocenters. The van der Waals surface area contributed by atoms with Crippen molar-refractivity contribution < 1.29 is 4.79 Å². The molecule has 2 aromatic carbocycles. The van der Waals surface area contributed by atoms with Crippen LogP contribution in [0.5, 0.6) is 0 Å². The largest absolute Gasteiger partial charge is 0.334 e. The van der Waals surface area contributed by atoms with Crippen LogP contribution >= 0.6 is 0 Å². The number of hydrogen-bond acceptors (Lipinski definition) is 4. The molecule has 2 N–H and O–H groups in total. The van der Waals surface area contributed by atoms with Crippen molar-refractivity contribution in [1.29, 1.82) is 0 Å². The minimum Gasteiger partial charge on any atom is -0.334 e. The Hall–Kier alpha value is -3.74. The van der Waals surface area contributed by atoms with Gasteiger partial charge in [-0.1, -0.05) is 24.3 Å². The normalized spacial score (nSPS) is 13.2. The minimum atomic E-state index is -0.184. The number of hydrogen-bond donors (Lipinski definition) is 2. The lowest BCUT2D eigenvalue weighted by molar-refractivity contribution is -0.116. The highest BCUT2D eigenvalue weighted by Crippen LogP contribution is 2.25. The topological polar surface area (TPSA) is 92.7 Å². The average Bonchev–Trinajstić information content (AvgIpc) is 3.22. The molecule has 156 valence electrons. The number of nitrogens with one attached hydrogen (secondary N) is 2. The zero-order chi connectivity index (χ0) is 21.2. The summed E-state index contributed by atoms with van der Waals surface area (Å²) in [6.45, 7) is 1.02. The zero-order valence-electron chi connectivity index (χ0n) is 17.1. The van der Waals surface area contributed by atoms with E-state index in [9.17, 15) is 9.59 Å². The fourth-order valence-electron chi connectivity index (χ4n) is 4.02. The number of aryl methyl sites for hydroxylation is 3. The lowest BCUT2D eigenvalue weighted by Crippen LogP contribution is -2.16. The maximum atomic E-state index is 12.5. The van der Waals surface area contributed by atoms with E-state index in [0.29, 0.717) is 23.1 Å². The van der Waals surface area contributed by atoms with Gasteiger partial charge in [0.15, 0.2) is 0 Å². The molecule has 0 aliphatic carbocycles. The van der Waals surface area contributed by atoms with Crippen molar-refractivity contribution in [1.82, 2.24) is 19.5 Å².